The maximum absolute atomic E-state index is 9.45. The van der Waals surface area contributed by atoms with Crippen molar-refractivity contribution in [2.75, 3.05) is 7.11 Å². The summed E-state index contributed by atoms with van der Waals surface area (Å²) in [7, 11) is 0.822. The van der Waals surface area contributed by atoms with Gasteiger partial charge in [-0.15, -0.1) is 0 Å². The molecule has 0 bridgehead atoms. The molecule has 0 aliphatic carbocycles. The van der Waals surface area contributed by atoms with Crippen LogP contribution in [0.15, 0.2) is 24.5 Å². The summed E-state index contributed by atoms with van der Waals surface area (Å²) in [5, 5.41) is 9.45. The average molecular weight is 190 g/mol. The van der Waals surface area contributed by atoms with Gasteiger partial charge in [0.2, 0.25) is 0 Å². The van der Waals surface area contributed by atoms with Crippen molar-refractivity contribution in [1.82, 2.24) is 0 Å². The molecular formula is C10H11BO3. The number of ether oxygens (including phenoxy) is 1. The van der Waals surface area contributed by atoms with E-state index in [9.17, 15) is 5.02 Å². The Labute approximate surface area is 83.1 Å². The predicted molar refractivity (Wildman–Crippen MR) is 54.9 cm³/mol. The minimum absolute atomic E-state index is 0.491. The van der Waals surface area contributed by atoms with Crippen LogP contribution in [0.1, 0.15) is 11.1 Å². The van der Waals surface area contributed by atoms with Gasteiger partial charge in [0.25, 0.3) is 0 Å². The van der Waals surface area contributed by atoms with Gasteiger partial charge in [-0.05, 0) is 22.7 Å². The molecule has 0 saturated carbocycles. The van der Waals surface area contributed by atoms with E-state index in [-0.39, 0.29) is 0 Å². The summed E-state index contributed by atoms with van der Waals surface area (Å²) in [6.45, 7) is 0.491. The fourth-order valence-corrected chi connectivity index (χ4v) is 1.48. The lowest BCUT2D eigenvalue weighted by Crippen LogP contribution is -2.28. The van der Waals surface area contributed by atoms with E-state index >= 15 is 0 Å². The lowest BCUT2D eigenvalue weighted by Gasteiger charge is -1.99. The molecule has 0 unspecified atom stereocenters. The van der Waals surface area contributed by atoms with Crippen LogP contribution in [0.3, 0.4) is 0 Å². The fourth-order valence-electron chi connectivity index (χ4n) is 1.48. The van der Waals surface area contributed by atoms with E-state index in [0.717, 1.165) is 16.6 Å². The highest BCUT2D eigenvalue weighted by Crippen LogP contribution is 2.12. The monoisotopic (exact) mass is 190 g/mol. The van der Waals surface area contributed by atoms with Crippen molar-refractivity contribution >= 4 is 18.7 Å². The second-order valence-corrected chi connectivity index (χ2v) is 3.16. The molecule has 1 aliphatic rings. The lowest BCUT2D eigenvalue weighted by molar-refractivity contribution is 0.275. The highest BCUT2D eigenvalue weighted by atomic mass is 16.5. The Morgan fingerprint density at radius 3 is 3.21 bits per heavy atom. The molecule has 0 saturated heterocycles. The van der Waals surface area contributed by atoms with Crippen LogP contribution in [0.25, 0.3) is 6.08 Å². The van der Waals surface area contributed by atoms with E-state index in [1.54, 1.807) is 13.4 Å². The van der Waals surface area contributed by atoms with Crippen LogP contribution in [-0.4, -0.2) is 19.3 Å². The molecule has 3 nitrogen and oxygen atoms in total. The minimum Gasteiger partial charge on any atom is -0.504 e. The summed E-state index contributed by atoms with van der Waals surface area (Å²) in [4.78, 5) is 0. The molecule has 0 aromatic heterocycles. The Hall–Kier alpha value is -1.26. The van der Waals surface area contributed by atoms with Gasteiger partial charge in [-0.25, -0.2) is 0 Å². The van der Waals surface area contributed by atoms with Gasteiger partial charge in [0.15, 0.2) is 0 Å². The van der Waals surface area contributed by atoms with Crippen LogP contribution in [0.5, 0.6) is 0 Å². The van der Waals surface area contributed by atoms with Gasteiger partial charge in [-0.3, -0.25) is 0 Å². The van der Waals surface area contributed by atoms with Gasteiger partial charge >= 0.3 is 7.12 Å². The molecule has 1 heterocycles. The van der Waals surface area contributed by atoms with Crippen molar-refractivity contribution in [1.29, 1.82) is 0 Å². The summed E-state index contributed by atoms with van der Waals surface area (Å²) in [5.74, 6) is 0. The summed E-state index contributed by atoms with van der Waals surface area (Å²) < 4.78 is 9.90. The van der Waals surface area contributed by atoms with Gasteiger partial charge < -0.3 is 14.4 Å². The van der Waals surface area contributed by atoms with Crippen LogP contribution in [0, 0.1) is 0 Å². The van der Waals surface area contributed by atoms with E-state index < -0.39 is 7.12 Å². The Morgan fingerprint density at radius 1 is 1.57 bits per heavy atom. The third kappa shape index (κ3) is 1.67. The van der Waals surface area contributed by atoms with Crippen LogP contribution in [0.4, 0.5) is 0 Å². The molecule has 1 aromatic carbocycles. The first-order chi connectivity index (χ1) is 6.81. The number of rotatable bonds is 2. The zero-order valence-electron chi connectivity index (χ0n) is 7.93. The molecule has 2 rings (SSSR count). The molecule has 14 heavy (non-hydrogen) atoms. The van der Waals surface area contributed by atoms with Gasteiger partial charge in [-0.2, -0.15) is 0 Å². The van der Waals surface area contributed by atoms with Crippen LogP contribution in [-0.2, 0) is 16.0 Å². The van der Waals surface area contributed by atoms with Crippen LogP contribution < -0.4 is 5.46 Å². The smallest absolute Gasteiger partial charge is 0.491 e. The largest absolute Gasteiger partial charge is 0.504 e. The summed E-state index contributed by atoms with van der Waals surface area (Å²) in [6, 6.07) is 5.83. The first kappa shape index (κ1) is 9.31. The summed E-state index contributed by atoms with van der Waals surface area (Å²) >= 11 is 0. The van der Waals surface area contributed by atoms with Crippen molar-refractivity contribution in [3.8, 4) is 0 Å². The van der Waals surface area contributed by atoms with E-state index in [1.807, 2.05) is 24.3 Å². The van der Waals surface area contributed by atoms with Crippen molar-refractivity contribution in [2.24, 2.45) is 0 Å². The summed E-state index contributed by atoms with van der Waals surface area (Å²) in [5.41, 5.74) is 2.89. The second-order valence-electron chi connectivity index (χ2n) is 3.16. The molecule has 72 valence electrons. The highest BCUT2D eigenvalue weighted by molar-refractivity contribution is 6.61. The zero-order chi connectivity index (χ0) is 9.97. The van der Waals surface area contributed by atoms with Gasteiger partial charge in [-0.1, -0.05) is 18.2 Å². The van der Waals surface area contributed by atoms with Crippen molar-refractivity contribution in [2.45, 2.75) is 6.61 Å². The molecule has 4 heteroatoms. The van der Waals surface area contributed by atoms with Crippen LogP contribution >= 0.6 is 0 Å². The number of fused-ring (bicyclic) bond motifs is 1. The van der Waals surface area contributed by atoms with Gasteiger partial charge in [0, 0.05) is 0 Å². The first-order valence-electron chi connectivity index (χ1n) is 4.43. The Kier molecular flexibility index (Phi) is 2.57. The average Bonchev–Trinajstić information content (AvgIpc) is 2.57. The summed E-state index contributed by atoms with van der Waals surface area (Å²) in [6.07, 6.45) is 3.44. The van der Waals surface area contributed by atoms with Gasteiger partial charge in [0.1, 0.15) is 0 Å². The maximum atomic E-state index is 9.45. The topological polar surface area (TPSA) is 38.7 Å². The standard InChI is InChI=1S/C10H11BO3/c1-13-5-4-8-2-3-9-7-14-11(12)10(9)6-8/h2-6,12H,7H2,1H3. The molecule has 1 aromatic rings. The second kappa shape index (κ2) is 3.86. The molecular weight excluding hydrogens is 179 g/mol. The van der Waals surface area contributed by atoms with E-state index in [0.29, 0.717) is 6.61 Å². The molecule has 0 radical (unpaired) electrons. The van der Waals surface area contributed by atoms with E-state index in [2.05, 4.69) is 0 Å². The number of benzene rings is 1. The highest BCUT2D eigenvalue weighted by Gasteiger charge is 2.26. The van der Waals surface area contributed by atoms with Crippen LogP contribution in [0.2, 0.25) is 0 Å². The quantitative estimate of drug-likeness (QED) is 0.545. The zero-order valence-corrected chi connectivity index (χ0v) is 7.93. The molecule has 0 spiro atoms. The Bertz CT molecular complexity index is 362. The normalized spacial score (nSPS) is 14.9. The SMILES string of the molecule is COC=Cc1ccc2c(c1)B(O)OC2. The third-order valence-electron chi connectivity index (χ3n) is 2.23. The predicted octanol–water partition coefficient (Wildman–Crippen LogP) is 0.521. The molecule has 1 aliphatic heterocycles. The first-order valence-corrected chi connectivity index (χ1v) is 4.43. The van der Waals surface area contributed by atoms with Crippen molar-refractivity contribution < 1.29 is 14.4 Å². The van der Waals surface area contributed by atoms with E-state index in [4.69, 9.17) is 9.39 Å². The van der Waals surface area contributed by atoms with E-state index in [1.165, 1.54) is 0 Å². The Morgan fingerprint density at radius 2 is 2.43 bits per heavy atom. The minimum atomic E-state index is -0.777. The molecule has 1 N–H and O–H groups in total. The fraction of sp³-hybridized carbons (Fsp3) is 0.200. The van der Waals surface area contributed by atoms with Crippen molar-refractivity contribution in [3.05, 3.63) is 35.6 Å². The number of hydrogen-bond donors (Lipinski definition) is 1. The number of methoxy groups -OCH3 is 1. The molecule has 0 fully saturated rings. The lowest BCUT2D eigenvalue weighted by atomic mass is 9.79. The maximum Gasteiger partial charge on any atom is 0.491 e. The molecule has 0 amide bonds. The van der Waals surface area contributed by atoms with Crippen molar-refractivity contribution in [3.63, 3.8) is 0 Å². The third-order valence-corrected chi connectivity index (χ3v) is 2.23. The number of hydrogen-bond acceptors (Lipinski definition) is 3. The van der Waals surface area contributed by atoms with Gasteiger partial charge in [0.05, 0.1) is 20.0 Å². The Balaban J connectivity index is 2.30. The molecule has 0 atom stereocenters.